The Bertz CT molecular complexity index is 365. The molecule has 1 rings (SSSR count). The van der Waals surface area contributed by atoms with Crippen molar-refractivity contribution in [3.05, 3.63) is 19.9 Å². The number of halogens is 2. The van der Waals surface area contributed by atoms with Crippen LogP contribution in [0, 0.1) is 8.80 Å². The van der Waals surface area contributed by atoms with Crippen molar-refractivity contribution in [3.8, 4) is 0 Å². The maximum absolute atomic E-state index is 11.8. The molecule has 1 aromatic heterocycles. The minimum absolute atomic E-state index is 0.0274. The molecule has 1 atom stereocenters. The lowest BCUT2D eigenvalue weighted by molar-refractivity contribution is 0.0952. The molecule has 1 heterocycles. The molecule has 0 spiro atoms. The molecule has 0 radical (unpaired) electrons. The predicted octanol–water partition coefficient (Wildman–Crippen LogP) is 4.28. The van der Waals surface area contributed by atoms with Gasteiger partial charge in [0.05, 0.1) is 8.45 Å². The fourth-order valence-electron chi connectivity index (χ4n) is 1.69. The lowest BCUT2D eigenvalue weighted by atomic mass is 9.99. The minimum Gasteiger partial charge on any atom is -0.351 e. The third-order valence-electron chi connectivity index (χ3n) is 2.85. The Morgan fingerprint density at radius 2 is 2.18 bits per heavy atom. The maximum Gasteiger partial charge on any atom is 0.252 e. The van der Waals surface area contributed by atoms with E-state index in [0.717, 1.165) is 21.3 Å². The van der Waals surface area contributed by atoms with Crippen molar-refractivity contribution in [2.24, 2.45) is 5.92 Å². The second-order valence-electron chi connectivity index (χ2n) is 3.94. The van der Waals surface area contributed by atoms with E-state index >= 15 is 0 Å². The van der Waals surface area contributed by atoms with E-state index in [-0.39, 0.29) is 5.91 Å². The highest BCUT2D eigenvalue weighted by Crippen LogP contribution is 2.20. The van der Waals surface area contributed by atoms with Crippen molar-refractivity contribution in [1.82, 2.24) is 5.32 Å². The molecule has 5 heteroatoms. The van der Waals surface area contributed by atoms with Gasteiger partial charge in [-0.1, -0.05) is 42.6 Å². The van der Waals surface area contributed by atoms with Gasteiger partial charge in [0.1, 0.15) is 0 Å². The van der Waals surface area contributed by atoms with Gasteiger partial charge >= 0.3 is 0 Å². The summed E-state index contributed by atoms with van der Waals surface area (Å²) in [7, 11) is 0. The van der Waals surface area contributed by atoms with E-state index in [0.29, 0.717) is 17.3 Å². The van der Waals surface area contributed by atoms with Gasteiger partial charge < -0.3 is 5.32 Å². The Labute approximate surface area is 129 Å². The van der Waals surface area contributed by atoms with Crippen LogP contribution in [0.1, 0.15) is 37.0 Å². The van der Waals surface area contributed by atoms with Crippen molar-refractivity contribution in [3.63, 3.8) is 0 Å². The second-order valence-corrected chi connectivity index (χ2v) is 7.92. The first-order valence-corrected chi connectivity index (χ1v) is 8.62. The summed E-state index contributed by atoms with van der Waals surface area (Å²) in [6, 6.07) is 1.92. The number of amides is 1. The number of carbonyl (C=O) groups excluding carboxylic acids is 1. The SMILES string of the molecule is CCC(CC)C(Br)CNC(=O)c1csc(I)c1. The number of hydrogen-bond acceptors (Lipinski definition) is 2. The van der Waals surface area contributed by atoms with Gasteiger partial charge in [-0.2, -0.15) is 0 Å². The lowest BCUT2D eigenvalue weighted by Crippen LogP contribution is -2.32. The van der Waals surface area contributed by atoms with Crippen LogP contribution in [0.5, 0.6) is 0 Å². The summed E-state index contributed by atoms with van der Waals surface area (Å²) in [6.07, 6.45) is 2.28. The molecular weight excluding hydrogens is 413 g/mol. The van der Waals surface area contributed by atoms with E-state index in [2.05, 4.69) is 57.7 Å². The molecule has 2 nitrogen and oxygen atoms in total. The lowest BCUT2D eigenvalue weighted by Gasteiger charge is -2.19. The monoisotopic (exact) mass is 429 g/mol. The number of alkyl halides is 1. The van der Waals surface area contributed by atoms with Crippen molar-refractivity contribution < 1.29 is 4.79 Å². The first kappa shape index (κ1) is 15.4. The van der Waals surface area contributed by atoms with Gasteiger partial charge in [0.2, 0.25) is 0 Å². The summed E-state index contributed by atoms with van der Waals surface area (Å²) in [5, 5.41) is 4.88. The fraction of sp³-hybridized carbons (Fsp3) is 0.583. The Morgan fingerprint density at radius 3 is 2.65 bits per heavy atom. The quantitative estimate of drug-likeness (QED) is 0.530. The van der Waals surface area contributed by atoms with Gasteiger partial charge in [-0.25, -0.2) is 0 Å². The van der Waals surface area contributed by atoms with Crippen molar-refractivity contribution >= 4 is 55.8 Å². The number of hydrogen-bond donors (Lipinski definition) is 1. The van der Waals surface area contributed by atoms with Crippen molar-refractivity contribution in [1.29, 1.82) is 0 Å². The van der Waals surface area contributed by atoms with Gasteiger partial charge in [0.15, 0.2) is 0 Å². The largest absolute Gasteiger partial charge is 0.351 e. The van der Waals surface area contributed by atoms with Crippen LogP contribution in [-0.4, -0.2) is 17.3 Å². The normalized spacial score (nSPS) is 12.8. The molecule has 96 valence electrons. The highest BCUT2D eigenvalue weighted by Gasteiger charge is 2.16. The summed E-state index contributed by atoms with van der Waals surface area (Å²) in [5.74, 6) is 0.650. The summed E-state index contributed by atoms with van der Waals surface area (Å²) >= 11 is 7.48. The Morgan fingerprint density at radius 1 is 1.53 bits per heavy atom. The summed E-state index contributed by atoms with van der Waals surface area (Å²) in [6.45, 7) is 5.06. The van der Waals surface area contributed by atoms with Gasteiger partial charge in [0, 0.05) is 16.8 Å². The van der Waals surface area contributed by atoms with E-state index < -0.39 is 0 Å². The number of carbonyl (C=O) groups is 1. The van der Waals surface area contributed by atoms with Crippen LogP contribution >= 0.6 is 49.9 Å². The second kappa shape index (κ2) is 7.74. The Balaban J connectivity index is 2.43. The average molecular weight is 430 g/mol. The topological polar surface area (TPSA) is 29.1 Å². The molecule has 0 aromatic carbocycles. The zero-order chi connectivity index (χ0) is 12.8. The third-order valence-corrected chi connectivity index (χ3v) is 5.71. The fourth-order valence-corrected chi connectivity index (χ4v) is 3.92. The molecule has 1 amide bonds. The molecule has 0 aliphatic heterocycles. The molecule has 1 N–H and O–H groups in total. The highest BCUT2D eigenvalue weighted by atomic mass is 127. The van der Waals surface area contributed by atoms with Gasteiger partial charge in [-0.3, -0.25) is 4.79 Å². The summed E-state index contributed by atoms with van der Waals surface area (Å²) < 4.78 is 1.14. The first-order valence-electron chi connectivity index (χ1n) is 5.74. The molecule has 0 aliphatic rings. The standard InChI is InChI=1S/C12H17BrINOS/c1-3-8(4-2)10(13)6-15-12(16)9-5-11(14)17-7-9/h5,7-8,10H,3-4,6H2,1-2H3,(H,15,16). The van der Waals surface area contributed by atoms with Crippen LogP contribution in [-0.2, 0) is 0 Å². The van der Waals surface area contributed by atoms with Gasteiger partial charge in [-0.05, 0) is 34.6 Å². The van der Waals surface area contributed by atoms with E-state index in [1.54, 1.807) is 11.3 Å². The first-order chi connectivity index (χ1) is 8.08. The van der Waals surface area contributed by atoms with Crippen LogP contribution in [0.25, 0.3) is 0 Å². The highest BCUT2D eigenvalue weighted by molar-refractivity contribution is 14.1. The van der Waals surface area contributed by atoms with Crippen LogP contribution in [0.3, 0.4) is 0 Å². The van der Waals surface area contributed by atoms with Crippen molar-refractivity contribution in [2.45, 2.75) is 31.5 Å². The number of rotatable bonds is 6. The molecular formula is C12H17BrINOS. The van der Waals surface area contributed by atoms with E-state index in [9.17, 15) is 4.79 Å². The van der Waals surface area contributed by atoms with Gasteiger partial charge in [-0.15, -0.1) is 11.3 Å². The summed E-state index contributed by atoms with van der Waals surface area (Å²) in [4.78, 5) is 12.2. The Kier molecular flexibility index (Phi) is 7.02. The zero-order valence-corrected chi connectivity index (χ0v) is 14.6. The van der Waals surface area contributed by atoms with Crippen LogP contribution in [0.2, 0.25) is 0 Å². The summed E-state index contributed by atoms with van der Waals surface area (Å²) in [5.41, 5.74) is 0.767. The maximum atomic E-state index is 11.8. The minimum atomic E-state index is 0.0274. The predicted molar refractivity (Wildman–Crippen MR) is 86.2 cm³/mol. The van der Waals surface area contributed by atoms with E-state index in [1.165, 1.54) is 0 Å². The zero-order valence-electron chi connectivity index (χ0n) is 10.0. The van der Waals surface area contributed by atoms with Crippen LogP contribution in [0.4, 0.5) is 0 Å². The molecule has 0 bridgehead atoms. The van der Waals surface area contributed by atoms with Crippen molar-refractivity contribution in [2.75, 3.05) is 6.54 Å². The molecule has 0 saturated heterocycles. The van der Waals surface area contributed by atoms with Crippen LogP contribution in [0.15, 0.2) is 11.4 Å². The van der Waals surface area contributed by atoms with Crippen LogP contribution < -0.4 is 5.32 Å². The van der Waals surface area contributed by atoms with E-state index in [4.69, 9.17) is 0 Å². The Hall–Kier alpha value is 0.380. The smallest absolute Gasteiger partial charge is 0.252 e. The number of thiophene rings is 1. The number of nitrogens with one attached hydrogen (secondary N) is 1. The van der Waals surface area contributed by atoms with Gasteiger partial charge in [0.25, 0.3) is 5.91 Å². The molecule has 0 fully saturated rings. The molecule has 1 aromatic rings. The van der Waals surface area contributed by atoms with E-state index in [1.807, 2.05) is 11.4 Å². The average Bonchev–Trinajstić information content (AvgIpc) is 2.74. The molecule has 0 aliphatic carbocycles. The molecule has 17 heavy (non-hydrogen) atoms. The third kappa shape index (κ3) is 4.87. The molecule has 0 saturated carbocycles. The molecule has 1 unspecified atom stereocenters.